The maximum Gasteiger partial charge on any atom is 0.175 e. The van der Waals surface area contributed by atoms with Crippen LogP contribution in [0.25, 0.3) is 22.2 Å². The van der Waals surface area contributed by atoms with Crippen molar-refractivity contribution in [3.05, 3.63) is 41.4 Å². The Morgan fingerprint density at radius 3 is 2.75 bits per heavy atom. The van der Waals surface area contributed by atoms with Crippen LogP contribution in [0.15, 0.2) is 41.3 Å². The molecular formula is C17H16ClN3O2S. The highest BCUT2D eigenvalue weighted by Crippen LogP contribution is 2.36. The molecule has 3 aromatic rings. The Morgan fingerprint density at radius 1 is 1.25 bits per heavy atom. The molecule has 1 heterocycles. The number of hydrogen-bond acceptors (Lipinski definition) is 4. The van der Waals surface area contributed by atoms with E-state index in [1.165, 1.54) is 19.1 Å². The van der Waals surface area contributed by atoms with E-state index in [4.69, 9.17) is 11.6 Å². The summed E-state index contributed by atoms with van der Waals surface area (Å²) in [4.78, 5) is 0.272. The van der Waals surface area contributed by atoms with Crippen molar-refractivity contribution in [2.75, 3.05) is 6.26 Å². The van der Waals surface area contributed by atoms with Crippen LogP contribution in [-0.2, 0) is 16.4 Å². The van der Waals surface area contributed by atoms with Crippen LogP contribution in [0.4, 0.5) is 0 Å². The Morgan fingerprint density at radius 2 is 2.04 bits per heavy atom. The second kappa shape index (κ2) is 5.57. The summed E-state index contributed by atoms with van der Waals surface area (Å²) in [5, 5.41) is 8.93. The van der Waals surface area contributed by atoms with Gasteiger partial charge in [-0.2, -0.15) is 0 Å². The first-order valence-corrected chi connectivity index (χ1v) is 10.0. The van der Waals surface area contributed by atoms with Crippen molar-refractivity contribution in [2.45, 2.75) is 24.3 Å². The molecule has 7 heteroatoms. The van der Waals surface area contributed by atoms with Crippen LogP contribution in [0.3, 0.4) is 0 Å². The Labute approximate surface area is 145 Å². The number of hydrogen-bond donors (Lipinski definition) is 0. The molecule has 0 bridgehead atoms. The minimum absolute atomic E-state index is 0.272. The highest BCUT2D eigenvalue weighted by atomic mass is 35.5. The molecule has 1 aliphatic carbocycles. The van der Waals surface area contributed by atoms with Crippen LogP contribution in [-0.4, -0.2) is 29.7 Å². The molecule has 0 saturated heterocycles. The van der Waals surface area contributed by atoms with Gasteiger partial charge < -0.3 is 0 Å². The molecule has 0 unspecified atom stereocenters. The first-order valence-electron chi connectivity index (χ1n) is 7.75. The first-order chi connectivity index (χ1) is 11.4. The zero-order valence-electron chi connectivity index (χ0n) is 13.1. The van der Waals surface area contributed by atoms with Crippen LogP contribution in [0.5, 0.6) is 0 Å². The van der Waals surface area contributed by atoms with Crippen molar-refractivity contribution in [1.29, 1.82) is 0 Å². The third-order valence-corrected chi connectivity index (χ3v) is 5.82. The number of benzene rings is 2. The minimum Gasteiger partial charge on any atom is -0.244 e. The molecule has 5 nitrogen and oxygen atoms in total. The van der Waals surface area contributed by atoms with Crippen molar-refractivity contribution >= 4 is 32.5 Å². The molecule has 4 rings (SSSR count). The van der Waals surface area contributed by atoms with Crippen molar-refractivity contribution in [2.24, 2.45) is 5.92 Å². The van der Waals surface area contributed by atoms with Gasteiger partial charge in [-0.3, -0.25) is 0 Å². The number of sulfone groups is 1. The lowest BCUT2D eigenvalue weighted by Gasteiger charge is -2.07. The molecule has 24 heavy (non-hydrogen) atoms. The Balaban J connectivity index is 1.81. The number of aromatic nitrogens is 3. The molecule has 2 aromatic carbocycles. The smallest absolute Gasteiger partial charge is 0.175 e. The monoisotopic (exact) mass is 361 g/mol. The average molecular weight is 362 g/mol. The first kappa shape index (κ1) is 15.6. The Kier molecular flexibility index (Phi) is 3.62. The van der Waals surface area contributed by atoms with Crippen LogP contribution >= 0.6 is 11.6 Å². The molecule has 1 saturated carbocycles. The summed E-state index contributed by atoms with van der Waals surface area (Å²) in [7, 11) is -3.27. The lowest BCUT2D eigenvalue weighted by molar-refractivity contribution is 0.559. The van der Waals surface area contributed by atoms with Gasteiger partial charge in [-0.05, 0) is 42.5 Å². The number of rotatable bonds is 4. The average Bonchev–Trinajstić information content (AvgIpc) is 3.26. The van der Waals surface area contributed by atoms with E-state index in [-0.39, 0.29) is 4.90 Å². The van der Waals surface area contributed by atoms with Gasteiger partial charge in [0.05, 0.1) is 15.4 Å². The maximum absolute atomic E-state index is 11.8. The standard InChI is InChI=1S/C17H16ClN3O2S/c1-24(22,23)13-4-2-3-12(9-13)14-7-8-15-17(16(14)18)19-20-21(15)10-11-5-6-11/h2-4,7-9,11H,5-6,10H2,1H3. The fourth-order valence-electron chi connectivity index (χ4n) is 2.80. The van der Waals surface area contributed by atoms with Crippen LogP contribution in [0.2, 0.25) is 5.02 Å². The lowest BCUT2D eigenvalue weighted by atomic mass is 10.0. The summed E-state index contributed by atoms with van der Waals surface area (Å²) >= 11 is 6.54. The van der Waals surface area contributed by atoms with Gasteiger partial charge in [0.2, 0.25) is 0 Å². The predicted molar refractivity (Wildman–Crippen MR) is 93.8 cm³/mol. The van der Waals surface area contributed by atoms with Crippen molar-refractivity contribution in [3.8, 4) is 11.1 Å². The van der Waals surface area contributed by atoms with Gasteiger partial charge in [0.1, 0.15) is 5.52 Å². The van der Waals surface area contributed by atoms with E-state index in [1.807, 2.05) is 22.9 Å². The van der Waals surface area contributed by atoms with Gasteiger partial charge >= 0.3 is 0 Å². The van der Waals surface area contributed by atoms with Crippen molar-refractivity contribution in [3.63, 3.8) is 0 Å². The van der Waals surface area contributed by atoms with Gasteiger partial charge in [-0.25, -0.2) is 13.1 Å². The summed E-state index contributed by atoms with van der Waals surface area (Å²) in [6, 6.07) is 10.6. The molecule has 1 fully saturated rings. The number of halogens is 1. The Bertz CT molecular complexity index is 1040. The van der Waals surface area contributed by atoms with E-state index < -0.39 is 9.84 Å². The van der Waals surface area contributed by atoms with Gasteiger partial charge in [-0.15, -0.1) is 5.10 Å². The van der Waals surface area contributed by atoms with Crippen molar-refractivity contribution in [1.82, 2.24) is 15.0 Å². The fraction of sp³-hybridized carbons (Fsp3) is 0.294. The fourth-order valence-corrected chi connectivity index (χ4v) is 3.78. The second-order valence-corrected chi connectivity index (χ2v) is 8.70. The van der Waals surface area contributed by atoms with Crippen LogP contribution < -0.4 is 0 Å². The molecule has 124 valence electrons. The van der Waals surface area contributed by atoms with E-state index in [1.54, 1.807) is 18.2 Å². The largest absolute Gasteiger partial charge is 0.244 e. The minimum atomic E-state index is -3.27. The van der Waals surface area contributed by atoms with Gasteiger partial charge in [0.25, 0.3) is 0 Å². The summed E-state index contributed by atoms with van der Waals surface area (Å²) < 4.78 is 25.4. The highest BCUT2D eigenvalue weighted by Gasteiger charge is 2.24. The van der Waals surface area contributed by atoms with E-state index in [2.05, 4.69) is 10.3 Å². The zero-order valence-corrected chi connectivity index (χ0v) is 14.7. The van der Waals surface area contributed by atoms with E-state index in [0.717, 1.165) is 23.2 Å². The molecule has 0 radical (unpaired) electrons. The van der Waals surface area contributed by atoms with E-state index in [9.17, 15) is 8.42 Å². The van der Waals surface area contributed by atoms with Gasteiger partial charge in [0.15, 0.2) is 9.84 Å². The molecule has 0 amide bonds. The third-order valence-electron chi connectivity index (χ3n) is 4.33. The third kappa shape index (κ3) is 2.80. The molecule has 0 spiro atoms. The SMILES string of the molecule is CS(=O)(=O)c1cccc(-c2ccc3c(nnn3CC3CC3)c2Cl)c1. The van der Waals surface area contributed by atoms with Crippen molar-refractivity contribution < 1.29 is 8.42 Å². The topological polar surface area (TPSA) is 64.8 Å². The zero-order chi connectivity index (χ0) is 16.9. The molecule has 1 aromatic heterocycles. The number of nitrogens with zero attached hydrogens (tertiary/aromatic N) is 3. The highest BCUT2D eigenvalue weighted by molar-refractivity contribution is 7.90. The summed E-state index contributed by atoms with van der Waals surface area (Å²) in [6.45, 7) is 0.871. The van der Waals surface area contributed by atoms with Crippen LogP contribution in [0.1, 0.15) is 12.8 Å². The molecule has 0 atom stereocenters. The molecule has 0 aliphatic heterocycles. The quantitative estimate of drug-likeness (QED) is 0.712. The summed E-state index contributed by atoms with van der Waals surface area (Å²) in [6.07, 6.45) is 3.68. The van der Waals surface area contributed by atoms with E-state index >= 15 is 0 Å². The molecule has 1 aliphatic rings. The van der Waals surface area contributed by atoms with Gasteiger partial charge in [-0.1, -0.05) is 35.0 Å². The molecular weight excluding hydrogens is 346 g/mol. The summed E-state index contributed by atoms with van der Waals surface area (Å²) in [5.41, 5.74) is 3.07. The molecule has 0 N–H and O–H groups in total. The predicted octanol–water partition coefficient (Wildman–Crippen LogP) is 3.57. The van der Waals surface area contributed by atoms with Gasteiger partial charge in [0, 0.05) is 18.4 Å². The normalized spacial score (nSPS) is 15.1. The van der Waals surface area contributed by atoms with Crippen LogP contribution in [0, 0.1) is 5.92 Å². The lowest BCUT2D eigenvalue weighted by Crippen LogP contribution is -2.01. The maximum atomic E-state index is 11.8. The van der Waals surface area contributed by atoms with E-state index in [0.29, 0.717) is 16.5 Å². The summed E-state index contributed by atoms with van der Waals surface area (Å²) in [5.74, 6) is 0.694. The number of fused-ring (bicyclic) bond motifs is 1. The second-order valence-electron chi connectivity index (χ2n) is 6.31. The Hall–Kier alpha value is -1.92.